The second-order valence-electron chi connectivity index (χ2n) is 5.99. The maximum atomic E-state index is 12.8. The Kier molecular flexibility index (Phi) is 4.60. The second kappa shape index (κ2) is 6.63. The number of amides is 1. The topological polar surface area (TPSA) is 46.3 Å². The van der Waals surface area contributed by atoms with Crippen molar-refractivity contribution < 1.29 is 4.79 Å². The first-order valence-corrected chi connectivity index (χ1v) is 8.66. The Morgan fingerprint density at radius 2 is 2.05 bits per heavy atom. The summed E-state index contributed by atoms with van der Waals surface area (Å²) in [4.78, 5) is 15.9. The molecule has 3 atom stereocenters. The predicted octanol–water partition coefficient (Wildman–Crippen LogP) is 3.05. The fourth-order valence-electron chi connectivity index (χ4n) is 3.30. The molecule has 1 unspecified atom stereocenters. The predicted molar refractivity (Wildman–Crippen MR) is 91.0 cm³/mol. The van der Waals surface area contributed by atoms with Crippen LogP contribution in [0.4, 0.5) is 0 Å². The molecule has 0 bridgehead atoms. The number of hydrogen-bond acceptors (Lipinski definition) is 3. The number of hydrogen-bond donors (Lipinski definition) is 1. The molecule has 1 saturated heterocycles. The summed E-state index contributed by atoms with van der Waals surface area (Å²) in [5, 5.41) is 2.03. The molecule has 0 spiro atoms. The van der Waals surface area contributed by atoms with Crippen LogP contribution in [0.15, 0.2) is 47.8 Å². The van der Waals surface area contributed by atoms with Crippen molar-refractivity contribution >= 4 is 17.2 Å². The molecule has 1 aromatic carbocycles. The van der Waals surface area contributed by atoms with Crippen molar-refractivity contribution in [2.45, 2.75) is 18.8 Å². The summed E-state index contributed by atoms with van der Waals surface area (Å²) >= 11 is 1.65. The molecule has 1 aliphatic rings. The first-order chi connectivity index (χ1) is 10.7. The fourth-order valence-corrected chi connectivity index (χ4v) is 4.08. The van der Waals surface area contributed by atoms with E-state index in [2.05, 4.69) is 24.3 Å². The minimum absolute atomic E-state index is 0.0621. The third-order valence-corrected chi connectivity index (χ3v) is 5.68. The average molecular weight is 314 g/mol. The highest BCUT2D eigenvalue weighted by Gasteiger charge is 2.36. The summed E-state index contributed by atoms with van der Waals surface area (Å²) in [7, 11) is 0. The summed E-state index contributed by atoms with van der Waals surface area (Å²) in [5.74, 6) is 0.861. The largest absolute Gasteiger partial charge is 0.341 e. The smallest absolute Gasteiger partial charge is 0.230 e. The molecule has 1 aromatic heterocycles. The van der Waals surface area contributed by atoms with Crippen molar-refractivity contribution in [3.63, 3.8) is 0 Å². The lowest BCUT2D eigenvalue weighted by atomic mass is 9.89. The first kappa shape index (κ1) is 15.3. The molecule has 2 heterocycles. The van der Waals surface area contributed by atoms with E-state index in [1.807, 2.05) is 35.4 Å². The van der Waals surface area contributed by atoms with Gasteiger partial charge in [-0.3, -0.25) is 4.79 Å². The van der Waals surface area contributed by atoms with E-state index in [9.17, 15) is 4.79 Å². The van der Waals surface area contributed by atoms with E-state index in [1.165, 1.54) is 5.56 Å². The van der Waals surface area contributed by atoms with E-state index in [0.29, 0.717) is 18.4 Å². The summed E-state index contributed by atoms with van der Waals surface area (Å²) in [6.45, 7) is 4.17. The number of thiophene rings is 1. The van der Waals surface area contributed by atoms with Crippen molar-refractivity contribution in [3.05, 3.63) is 58.3 Å². The lowest BCUT2D eigenvalue weighted by Gasteiger charge is -2.20. The zero-order valence-electron chi connectivity index (χ0n) is 12.8. The van der Waals surface area contributed by atoms with Gasteiger partial charge in [0.2, 0.25) is 5.91 Å². The molecule has 0 saturated carbocycles. The van der Waals surface area contributed by atoms with Crippen molar-refractivity contribution in [2.24, 2.45) is 11.7 Å². The highest BCUT2D eigenvalue weighted by atomic mass is 32.1. The molecule has 3 rings (SSSR count). The van der Waals surface area contributed by atoms with Gasteiger partial charge in [-0.15, -0.1) is 11.3 Å². The molecule has 2 aromatic rings. The molecule has 1 amide bonds. The Bertz CT molecular complexity index is 611. The lowest BCUT2D eigenvalue weighted by Crippen LogP contribution is -2.32. The number of nitrogens with zero attached hydrogens (tertiary/aromatic N) is 1. The van der Waals surface area contributed by atoms with Crippen LogP contribution >= 0.6 is 11.3 Å². The van der Waals surface area contributed by atoms with Gasteiger partial charge < -0.3 is 10.6 Å². The number of carbonyl (C=O) groups excluding carboxylic acids is 1. The molecule has 3 nitrogen and oxygen atoms in total. The van der Waals surface area contributed by atoms with Gasteiger partial charge in [-0.05, 0) is 36.4 Å². The first-order valence-electron chi connectivity index (χ1n) is 7.78. The third kappa shape index (κ3) is 2.94. The monoisotopic (exact) mass is 314 g/mol. The van der Waals surface area contributed by atoms with Gasteiger partial charge in [0.25, 0.3) is 0 Å². The van der Waals surface area contributed by atoms with Gasteiger partial charge in [0.15, 0.2) is 0 Å². The third-order valence-electron chi connectivity index (χ3n) is 4.62. The summed E-state index contributed by atoms with van der Waals surface area (Å²) in [6.07, 6.45) is 0. The zero-order chi connectivity index (χ0) is 15.5. The Morgan fingerprint density at radius 3 is 2.68 bits per heavy atom. The standard InChI is InChI=1S/C18H22N2OS/c1-13(17-8-5-9-22-17)18(21)20-11-15(10-19)16(12-20)14-6-3-2-4-7-14/h2-9,13,15-16H,10-12,19H2,1H3/t13?,15-,16+/m1/s1. The van der Waals surface area contributed by atoms with Gasteiger partial charge in [0, 0.05) is 23.9 Å². The number of nitrogens with two attached hydrogens (primary N) is 1. The maximum Gasteiger partial charge on any atom is 0.230 e. The highest BCUT2D eigenvalue weighted by molar-refractivity contribution is 7.10. The molecule has 0 aliphatic carbocycles. The molecule has 2 N–H and O–H groups in total. The summed E-state index contributed by atoms with van der Waals surface area (Å²) < 4.78 is 0. The van der Waals surface area contributed by atoms with Gasteiger partial charge in [0.05, 0.1) is 5.92 Å². The van der Waals surface area contributed by atoms with Gasteiger partial charge in [-0.2, -0.15) is 0 Å². The van der Waals surface area contributed by atoms with Crippen LogP contribution in [-0.4, -0.2) is 30.4 Å². The number of likely N-dealkylation sites (tertiary alicyclic amines) is 1. The lowest BCUT2D eigenvalue weighted by molar-refractivity contribution is -0.131. The summed E-state index contributed by atoms with van der Waals surface area (Å²) in [6, 6.07) is 14.5. The van der Waals surface area contributed by atoms with E-state index in [0.717, 1.165) is 18.0 Å². The minimum atomic E-state index is -0.0621. The van der Waals surface area contributed by atoms with E-state index in [4.69, 9.17) is 5.73 Å². The maximum absolute atomic E-state index is 12.8. The van der Waals surface area contributed by atoms with Crippen LogP contribution in [0.1, 0.15) is 29.2 Å². The molecule has 22 heavy (non-hydrogen) atoms. The molecular formula is C18H22N2OS. The number of benzene rings is 1. The molecule has 116 valence electrons. The normalized spacial score (nSPS) is 22.7. The molecular weight excluding hydrogens is 292 g/mol. The van der Waals surface area contributed by atoms with Gasteiger partial charge >= 0.3 is 0 Å². The molecule has 4 heteroatoms. The van der Waals surface area contributed by atoms with Crippen LogP contribution in [0, 0.1) is 5.92 Å². The summed E-state index contributed by atoms with van der Waals surface area (Å²) in [5.41, 5.74) is 7.25. The van der Waals surface area contributed by atoms with Crippen LogP contribution in [0.5, 0.6) is 0 Å². The number of carbonyl (C=O) groups is 1. The fraction of sp³-hybridized carbons (Fsp3) is 0.389. The Balaban J connectivity index is 1.75. The number of rotatable bonds is 4. The van der Waals surface area contributed by atoms with E-state index in [-0.39, 0.29) is 11.8 Å². The quantitative estimate of drug-likeness (QED) is 0.943. The van der Waals surface area contributed by atoms with Crippen molar-refractivity contribution in [1.29, 1.82) is 0 Å². The average Bonchev–Trinajstić information content (AvgIpc) is 3.23. The van der Waals surface area contributed by atoms with Crippen LogP contribution in [-0.2, 0) is 4.79 Å². The van der Waals surface area contributed by atoms with Crippen LogP contribution in [0.3, 0.4) is 0 Å². The van der Waals surface area contributed by atoms with Crippen LogP contribution < -0.4 is 5.73 Å². The molecule has 0 radical (unpaired) electrons. The van der Waals surface area contributed by atoms with Gasteiger partial charge in [-0.1, -0.05) is 36.4 Å². The van der Waals surface area contributed by atoms with E-state index < -0.39 is 0 Å². The van der Waals surface area contributed by atoms with Gasteiger partial charge in [-0.25, -0.2) is 0 Å². The van der Waals surface area contributed by atoms with Crippen LogP contribution in [0.2, 0.25) is 0 Å². The van der Waals surface area contributed by atoms with Crippen molar-refractivity contribution in [1.82, 2.24) is 4.90 Å². The van der Waals surface area contributed by atoms with E-state index >= 15 is 0 Å². The molecule has 1 fully saturated rings. The highest BCUT2D eigenvalue weighted by Crippen LogP contribution is 2.34. The SMILES string of the molecule is CC(C(=O)N1C[C@@H](CN)[C@H](c2ccccc2)C1)c1cccs1. The Morgan fingerprint density at radius 1 is 1.27 bits per heavy atom. The minimum Gasteiger partial charge on any atom is -0.341 e. The second-order valence-corrected chi connectivity index (χ2v) is 6.97. The zero-order valence-corrected chi connectivity index (χ0v) is 13.6. The van der Waals surface area contributed by atoms with Crippen molar-refractivity contribution in [3.8, 4) is 0 Å². The van der Waals surface area contributed by atoms with Gasteiger partial charge in [0.1, 0.15) is 0 Å². The Hall–Kier alpha value is -1.65. The van der Waals surface area contributed by atoms with Crippen molar-refractivity contribution in [2.75, 3.05) is 19.6 Å². The molecule has 1 aliphatic heterocycles. The Labute approximate surface area is 135 Å². The van der Waals surface area contributed by atoms with Crippen LogP contribution in [0.25, 0.3) is 0 Å². The van der Waals surface area contributed by atoms with E-state index in [1.54, 1.807) is 11.3 Å².